The van der Waals surface area contributed by atoms with Crippen molar-refractivity contribution in [1.82, 2.24) is 19.7 Å². The summed E-state index contributed by atoms with van der Waals surface area (Å²) in [6, 6.07) is 8.59. The van der Waals surface area contributed by atoms with Crippen LogP contribution in [0.5, 0.6) is 0 Å². The highest BCUT2D eigenvalue weighted by molar-refractivity contribution is 6.30. The summed E-state index contributed by atoms with van der Waals surface area (Å²) in [5, 5.41) is 7.74. The molecule has 1 saturated heterocycles. The van der Waals surface area contributed by atoms with E-state index in [1.807, 2.05) is 0 Å². The minimum absolute atomic E-state index is 0.0975. The van der Waals surface area contributed by atoms with E-state index in [2.05, 4.69) is 20.4 Å². The van der Waals surface area contributed by atoms with Gasteiger partial charge in [-0.15, -0.1) is 0 Å². The maximum absolute atomic E-state index is 12.9. The number of H-pyrrole nitrogens is 1. The summed E-state index contributed by atoms with van der Waals surface area (Å²) in [6.07, 6.45) is 0.0975. The van der Waals surface area contributed by atoms with Gasteiger partial charge in [0.05, 0.1) is 11.6 Å². The van der Waals surface area contributed by atoms with Crippen molar-refractivity contribution in [3.05, 3.63) is 62.7 Å². The number of benzene rings is 1. The standard InChI is InChI=1S/C21H21ClN6O3/c1-11-8-17(28(26-11)21-23-13(3)12(2)19(30)25-21)24-20(31)14-9-18(29)27(10-14)16-6-4-15(22)5-7-16/h4-8,14H,9-10H2,1-3H3,(H,24,31)(H,23,25,30). The largest absolute Gasteiger partial charge is 0.312 e. The first-order valence-electron chi connectivity index (χ1n) is 9.74. The highest BCUT2D eigenvalue weighted by Gasteiger charge is 2.35. The van der Waals surface area contributed by atoms with Gasteiger partial charge in [0.1, 0.15) is 5.82 Å². The van der Waals surface area contributed by atoms with Crippen molar-refractivity contribution in [1.29, 1.82) is 0 Å². The van der Waals surface area contributed by atoms with Gasteiger partial charge in [-0.05, 0) is 45.0 Å². The molecule has 0 aliphatic carbocycles. The molecule has 1 aliphatic rings. The molecule has 0 radical (unpaired) electrons. The topological polar surface area (TPSA) is 113 Å². The number of halogens is 1. The fourth-order valence-corrected chi connectivity index (χ4v) is 3.59. The molecule has 31 heavy (non-hydrogen) atoms. The van der Waals surface area contributed by atoms with E-state index in [0.29, 0.717) is 33.5 Å². The first kappa shape index (κ1) is 20.8. The molecule has 0 saturated carbocycles. The van der Waals surface area contributed by atoms with Crippen molar-refractivity contribution in [2.24, 2.45) is 5.92 Å². The second-order valence-electron chi connectivity index (χ2n) is 7.55. The van der Waals surface area contributed by atoms with Crippen LogP contribution in [-0.4, -0.2) is 38.1 Å². The molecule has 2 aromatic heterocycles. The molecule has 0 bridgehead atoms. The molecular formula is C21H21ClN6O3. The average Bonchev–Trinajstić information content (AvgIpc) is 3.29. The Bertz CT molecular complexity index is 1230. The van der Waals surface area contributed by atoms with Gasteiger partial charge < -0.3 is 10.2 Å². The number of amides is 2. The smallest absolute Gasteiger partial charge is 0.255 e. The number of hydrogen-bond donors (Lipinski definition) is 2. The van der Waals surface area contributed by atoms with E-state index in [4.69, 9.17) is 11.6 Å². The number of anilines is 2. The molecular weight excluding hydrogens is 420 g/mol. The van der Waals surface area contributed by atoms with Gasteiger partial charge in [-0.2, -0.15) is 9.78 Å². The van der Waals surface area contributed by atoms with Crippen LogP contribution in [0.25, 0.3) is 5.95 Å². The first-order chi connectivity index (χ1) is 14.7. The molecule has 1 aliphatic heterocycles. The van der Waals surface area contributed by atoms with Crippen molar-refractivity contribution in [2.75, 3.05) is 16.8 Å². The number of nitrogens with zero attached hydrogens (tertiary/aromatic N) is 4. The van der Waals surface area contributed by atoms with Gasteiger partial charge in [-0.1, -0.05) is 11.6 Å². The molecule has 1 fully saturated rings. The van der Waals surface area contributed by atoms with Gasteiger partial charge in [-0.25, -0.2) is 4.98 Å². The van der Waals surface area contributed by atoms with Crippen molar-refractivity contribution in [3.8, 4) is 5.95 Å². The van der Waals surface area contributed by atoms with Crippen LogP contribution in [-0.2, 0) is 9.59 Å². The van der Waals surface area contributed by atoms with E-state index in [-0.39, 0.29) is 36.3 Å². The third kappa shape index (κ3) is 4.09. The second kappa shape index (κ2) is 7.99. The third-order valence-corrected chi connectivity index (χ3v) is 5.55. The summed E-state index contributed by atoms with van der Waals surface area (Å²) in [7, 11) is 0. The minimum atomic E-state index is -0.529. The normalized spacial score (nSPS) is 16.1. The number of carbonyl (C=O) groups is 2. The number of rotatable bonds is 4. The van der Waals surface area contributed by atoms with Gasteiger partial charge in [0.25, 0.3) is 5.56 Å². The fraction of sp³-hybridized carbons (Fsp3) is 0.286. The predicted molar refractivity (Wildman–Crippen MR) is 117 cm³/mol. The monoisotopic (exact) mass is 440 g/mol. The summed E-state index contributed by atoms with van der Waals surface area (Å²) in [5.74, 6) is -0.392. The summed E-state index contributed by atoms with van der Waals surface area (Å²) in [4.78, 5) is 46.2. The van der Waals surface area contributed by atoms with E-state index in [1.54, 1.807) is 56.0 Å². The Morgan fingerprint density at radius 2 is 1.90 bits per heavy atom. The molecule has 160 valence electrons. The molecule has 2 N–H and O–H groups in total. The average molecular weight is 441 g/mol. The maximum Gasteiger partial charge on any atom is 0.255 e. The van der Waals surface area contributed by atoms with E-state index >= 15 is 0 Å². The predicted octanol–water partition coefficient (Wildman–Crippen LogP) is 2.53. The molecule has 1 unspecified atom stereocenters. The Labute approximate surface area is 183 Å². The number of nitrogens with one attached hydrogen (secondary N) is 2. The van der Waals surface area contributed by atoms with Gasteiger partial charge in [-0.3, -0.25) is 19.4 Å². The zero-order valence-electron chi connectivity index (χ0n) is 17.3. The second-order valence-corrected chi connectivity index (χ2v) is 7.99. The van der Waals surface area contributed by atoms with Crippen LogP contribution < -0.4 is 15.8 Å². The van der Waals surface area contributed by atoms with E-state index in [0.717, 1.165) is 0 Å². The highest BCUT2D eigenvalue weighted by atomic mass is 35.5. The lowest BCUT2D eigenvalue weighted by atomic mass is 10.1. The molecule has 4 rings (SSSR count). The van der Waals surface area contributed by atoms with Crippen LogP contribution in [0.2, 0.25) is 5.02 Å². The van der Waals surface area contributed by atoms with Crippen LogP contribution in [0.4, 0.5) is 11.5 Å². The third-order valence-electron chi connectivity index (χ3n) is 5.30. The molecule has 3 heterocycles. The molecule has 10 heteroatoms. The summed E-state index contributed by atoms with van der Waals surface area (Å²) in [6.45, 7) is 5.45. The Kier molecular flexibility index (Phi) is 5.36. The lowest BCUT2D eigenvalue weighted by Gasteiger charge is -2.17. The Morgan fingerprint density at radius 3 is 2.58 bits per heavy atom. The lowest BCUT2D eigenvalue weighted by Crippen LogP contribution is -2.29. The van der Waals surface area contributed by atoms with Crippen molar-refractivity contribution in [3.63, 3.8) is 0 Å². The van der Waals surface area contributed by atoms with Crippen LogP contribution >= 0.6 is 11.6 Å². The fourth-order valence-electron chi connectivity index (χ4n) is 3.46. The summed E-state index contributed by atoms with van der Waals surface area (Å²) in [5.41, 5.74) is 2.16. The van der Waals surface area contributed by atoms with E-state index < -0.39 is 5.92 Å². The first-order valence-corrected chi connectivity index (χ1v) is 10.1. The van der Waals surface area contributed by atoms with Crippen molar-refractivity contribution < 1.29 is 9.59 Å². The van der Waals surface area contributed by atoms with Crippen molar-refractivity contribution >= 4 is 34.9 Å². The van der Waals surface area contributed by atoms with Crippen LogP contribution in [0, 0.1) is 26.7 Å². The summed E-state index contributed by atoms with van der Waals surface area (Å²) >= 11 is 5.92. The molecule has 0 spiro atoms. The van der Waals surface area contributed by atoms with Crippen LogP contribution in [0.1, 0.15) is 23.4 Å². The van der Waals surface area contributed by atoms with Crippen LogP contribution in [0.3, 0.4) is 0 Å². The molecule has 1 aromatic carbocycles. The van der Waals surface area contributed by atoms with E-state index in [1.165, 1.54) is 4.68 Å². The minimum Gasteiger partial charge on any atom is -0.312 e. The number of aromatic nitrogens is 4. The SMILES string of the molecule is Cc1cc(NC(=O)C2CC(=O)N(c3ccc(Cl)cc3)C2)n(-c2nc(C)c(C)c(=O)[nH]2)n1. The van der Waals surface area contributed by atoms with Gasteiger partial charge in [0, 0.05) is 41.0 Å². The molecule has 9 nitrogen and oxygen atoms in total. The van der Waals surface area contributed by atoms with Gasteiger partial charge in [0.2, 0.25) is 17.8 Å². The number of aromatic amines is 1. The Hall–Kier alpha value is -3.46. The Balaban J connectivity index is 1.55. The van der Waals surface area contributed by atoms with Crippen molar-refractivity contribution in [2.45, 2.75) is 27.2 Å². The van der Waals surface area contributed by atoms with Gasteiger partial charge >= 0.3 is 0 Å². The quantitative estimate of drug-likeness (QED) is 0.647. The zero-order valence-corrected chi connectivity index (χ0v) is 18.0. The molecule has 3 aromatic rings. The zero-order chi connectivity index (χ0) is 22.3. The number of aryl methyl sites for hydroxylation is 2. The highest BCUT2D eigenvalue weighted by Crippen LogP contribution is 2.27. The molecule has 1 atom stereocenters. The maximum atomic E-state index is 12.9. The Morgan fingerprint density at radius 1 is 1.19 bits per heavy atom. The van der Waals surface area contributed by atoms with E-state index in [9.17, 15) is 14.4 Å². The van der Waals surface area contributed by atoms with Gasteiger partial charge in [0.15, 0.2) is 0 Å². The molecule has 2 amide bonds. The number of hydrogen-bond acceptors (Lipinski definition) is 5. The van der Waals surface area contributed by atoms with Crippen LogP contribution in [0.15, 0.2) is 35.1 Å². The lowest BCUT2D eigenvalue weighted by molar-refractivity contribution is -0.122. The summed E-state index contributed by atoms with van der Waals surface area (Å²) < 4.78 is 1.38. The number of carbonyl (C=O) groups excluding carboxylic acids is 2.